The number of nitrogens with one attached hydrogen (secondary N) is 2. The fraction of sp³-hybridized carbons (Fsp3) is 0.829. The summed E-state index contributed by atoms with van der Waals surface area (Å²) in [4.78, 5) is 20.6. The molecule has 0 aliphatic carbocycles. The van der Waals surface area contributed by atoms with E-state index in [0.717, 1.165) is 12.6 Å². The summed E-state index contributed by atoms with van der Waals surface area (Å²) in [6, 6.07) is 3.43. The first kappa shape index (κ1) is 51.3. The highest BCUT2D eigenvalue weighted by Gasteiger charge is 2.19. The SMILES string of the molecule is CNCCOCCOCCOCCOCCOCCOCCOCCOCCOCCOCCOCCOCCOCCNc1ccc([N+](=O)[O-])cc1[N+](=O)[O-]. The highest BCUT2D eigenvalue weighted by molar-refractivity contribution is 5.65. The number of likely N-dealkylation sites (N-methyl/N-ethyl adjacent to an activating group) is 1. The molecule has 0 atom stereocenters. The van der Waals surface area contributed by atoms with Gasteiger partial charge in [-0.3, -0.25) is 20.2 Å². The quantitative estimate of drug-likeness (QED) is 0.0538. The molecule has 0 bridgehead atoms. The number of nitro benzene ring substituents is 2. The second kappa shape index (κ2) is 40.5. The van der Waals surface area contributed by atoms with Crippen molar-refractivity contribution in [2.45, 2.75) is 0 Å². The molecule has 21 nitrogen and oxygen atoms in total. The molecule has 2 N–H and O–H groups in total. The highest BCUT2D eigenvalue weighted by Crippen LogP contribution is 2.28. The number of nitro groups is 2. The van der Waals surface area contributed by atoms with Crippen LogP contribution in [0.1, 0.15) is 0 Å². The lowest BCUT2D eigenvalue weighted by molar-refractivity contribution is -0.393. The van der Waals surface area contributed by atoms with Crippen LogP contribution in [0.4, 0.5) is 17.1 Å². The Morgan fingerprint density at radius 3 is 0.929 bits per heavy atom. The number of benzene rings is 1. The second-order valence-corrected chi connectivity index (χ2v) is 11.2. The third-order valence-corrected chi connectivity index (χ3v) is 6.91. The van der Waals surface area contributed by atoms with Crippen LogP contribution in [0.5, 0.6) is 0 Å². The summed E-state index contributed by atoms with van der Waals surface area (Å²) in [5, 5.41) is 27.8. The maximum Gasteiger partial charge on any atom is 0.299 e. The van der Waals surface area contributed by atoms with Crippen LogP contribution < -0.4 is 10.6 Å². The van der Waals surface area contributed by atoms with Crippen molar-refractivity contribution in [3.05, 3.63) is 38.4 Å². The smallest absolute Gasteiger partial charge is 0.299 e. The van der Waals surface area contributed by atoms with Gasteiger partial charge in [-0.25, -0.2) is 0 Å². The summed E-state index contributed by atoms with van der Waals surface area (Å²) >= 11 is 0. The van der Waals surface area contributed by atoms with Gasteiger partial charge in [-0.15, -0.1) is 0 Å². The van der Waals surface area contributed by atoms with E-state index in [0.29, 0.717) is 165 Å². The minimum Gasteiger partial charge on any atom is -0.378 e. The van der Waals surface area contributed by atoms with E-state index in [1.54, 1.807) is 0 Å². The standard InChI is InChI=1S/C35H64N4O17/c1-36-4-6-44-8-10-46-12-14-48-16-18-50-20-22-52-24-26-54-28-30-56-31-29-55-27-25-53-23-21-51-19-17-49-15-13-47-11-9-45-7-5-37-34-3-2-33(38(40)41)32-35(34)39(42)43/h2-3,32,36-37H,4-31H2,1H3. The molecular weight excluding hydrogens is 748 g/mol. The number of nitrogens with zero attached hydrogens (tertiary/aromatic N) is 2. The summed E-state index contributed by atoms with van der Waals surface area (Å²) in [7, 11) is 1.89. The Kier molecular flexibility index (Phi) is 37.0. The van der Waals surface area contributed by atoms with Gasteiger partial charge in [0, 0.05) is 19.2 Å². The van der Waals surface area contributed by atoms with E-state index < -0.39 is 9.85 Å². The van der Waals surface area contributed by atoms with E-state index in [9.17, 15) is 20.2 Å². The van der Waals surface area contributed by atoms with Gasteiger partial charge in [0.15, 0.2) is 0 Å². The third kappa shape index (κ3) is 33.4. The summed E-state index contributed by atoms with van der Waals surface area (Å²) in [6.45, 7) is 13.4. The maximum absolute atomic E-state index is 11.2. The molecule has 0 aromatic heterocycles. The normalized spacial score (nSPS) is 11.4. The first-order valence-corrected chi connectivity index (χ1v) is 18.9. The van der Waals surface area contributed by atoms with Gasteiger partial charge in [-0.2, -0.15) is 0 Å². The van der Waals surface area contributed by atoms with E-state index >= 15 is 0 Å². The molecule has 1 aromatic carbocycles. The Balaban J connectivity index is 1.68. The van der Waals surface area contributed by atoms with Crippen LogP contribution in [0.25, 0.3) is 0 Å². The Morgan fingerprint density at radius 2 is 0.679 bits per heavy atom. The van der Waals surface area contributed by atoms with Gasteiger partial charge < -0.3 is 72.2 Å². The molecule has 56 heavy (non-hydrogen) atoms. The number of hydrogen-bond donors (Lipinski definition) is 2. The molecule has 0 unspecified atom stereocenters. The second-order valence-electron chi connectivity index (χ2n) is 11.2. The monoisotopic (exact) mass is 812 g/mol. The predicted molar refractivity (Wildman–Crippen MR) is 203 cm³/mol. The van der Waals surface area contributed by atoms with Crippen molar-refractivity contribution in [3.63, 3.8) is 0 Å². The van der Waals surface area contributed by atoms with Gasteiger partial charge in [0.05, 0.1) is 188 Å². The highest BCUT2D eigenvalue weighted by atomic mass is 16.6. The zero-order valence-corrected chi connectivity index (χ0v) is 32.9. The summed E-state index contributed by atoms with van der Waals surface area (Å²) < 4.78 is 70.8. The molecule has 0 amide bonds. The van der Waals surface area contributed by atoms with Crippen molar-refractivity contribution >= 4 is 17.1 Å². The van der Waals surface area contributed by atoms with Gasteiger partial charge >= 0.3 is 0 Å². The molecule has 0 spiro atoms. The van der Waals surface area contributed by atoms with Crippen molar-refractivity contribution in [1.29, 1.82) is 0 Å². The van der Waals surface area contributed by atoms with Crippen molar-refractivity contribution in [1.82, 2.24) is 5.32 Å². The summed E-state index contributed by atoms with van der Waals surface area (Å²) in [5.74, 6) is 0. The molecule has 0 saturated heterocycles. The van der Waals surface area contributed by atoms with Crippen LogP contribution in [-0.2, 0) is 61.6 Å². The minimum atomic E-state index is -0.682. The number of rotatable bonds is 45. The molecule has 1 aromatic rings. The zero-order chi connectivity index (χ0) is 40.4. The van der Waals surface area contributed by atoms with Crippen molar-refractivity contribution in [3.8, 4) is 0 Å². The maximum atomic E-state index is 11.2. The topological polar surface area (TPSA) is 230 Å². The Morgan fingerprint density at radius 1 is 0.411 bits per heavy atom. The lowest BCUT2D eigenvalue weighted by Gasteiger charge is -2.09. The zero-order valence-electron chi connectivity index (χ0n) is 32.9. The van der Waals surface area contributed by atoms with Crippen LogP contribution in [0.2, 0.25) is 0 Å². The minimum absolute atomic E-state index is 0.184. The molecule has 326 valence electrons. The van der Waals surface area contributed by atoms with E-state index in [2.05, 4.69) is 10.6 Å². The molecular formula is C35H64N4O17. The van der Waals surface area contributed by atoms with Gasteiger partial charge in [0.25, 0.3) is 11.4 Å². The molecule has 0 aliphatic heterocycles. The van der Waals surface area contributed by atoms with E-state index in [1.165, 1.54) is 12.1 Å². The summed E-state index contributed by atoms with van der Waals surface area (Å²) in [5.41, 5.74) is -0.531. The lowest BCUT2D eigenvalue weighted by Crippen LogP contribution is -2.17. The fourth-order valence-corrected chi connectivity index (χ4v) is 4.11. The Labute approximate surface area is 329 Å². The predicted octanol–water partition coefficient (Wildman–Crippen LogP) is 1.35. The first-order valence-electron chi connectivity index (χ1n) is 18.9. The van der Waals surface area contributed by atoms with E-state index in [1.807, 2.05) is 7.05 Å². The Bertz CT molecular complexity index is 1050. The van der Waals surface area contributed by atoms with Crippen LogP contribution in [0.15, 0.2) is 18.2 Å². The van der Waals surface area contributed by atoms with Gasteiger partial charge in [0.1, 0.15) is 5.69 Å². The van der Waals surface area contributed by atoms with Crippen LogP contribution >= 0.6 is 0 Å². The van der Waals surface area contributed by atoms with Gasteiger partial charge in [-0.1, -0.05) is 0 Å². The number of ether oxygens (including phenoxy) is 13. The van der Waals surface area contributed by atoms with Crippen LogP contribution in [0.3, 0.4) is 0 Å². The number of non-ortho nitro benzene ring substituents is 1. The third-order valence-electron chi connectivity index (χ3n) is 6.91. The van der Waals surface area contributed by atoms with Crippen molar-refractivity contribution < 1.29 is 71.4 Å². The van der Waals surface area contributed by atoms with Crippen molar-refractivity contribution in [2.24, 2.45) is 0 Å². The molecule has 21 heteroatoms. The largest absolute Gasteiger partial charge is 0.378 e. The van der Waals surface area contributed by atoms with Crippen LogP contribution in [-0.4, -0.2) is 202 Å². The molecule has 0 aliphatic rings. The molecule has 0 heterocycles. The van der Waals surface area contributed by atoms with E-state index in [4.69, 9.17) is 61.6 Å². The average molecular weight is 813 g/mol. The van der Waals surface area contributed by atoms with Crippen LogP contribution in [0, 0.1) is 20.2 Å². The molecule has 1 rings (SSSR count). The summed E-state index contributed by atoms with van der Waals surface area (Å²) in [6.07, 6.45) is 0. The van der Waals surface area contributed by atoms with E-state index in [-0.39, 0.29) is 30.2 Å². The average Bonchev–Trinajstić information content (AvgIpc) is 3.19. The first-order chi connectivity index (χ1) is 27.6. The van der Waals surface area contributed by atoms with Gasteiger partial charge in [0.2, 0.25) is 0 Å². The number of anilines is 1. The molecule has 0 radical (unpaired) electrons. The Hall–Kier alpha value is -2.74. The molecule has 0 fully saturated rings. The molecule has 0 saturated carbocycles. The number of hydrogen-bond acceptors (Lipinski definition) is 19. The van der Waals surface area contributed by atoms with Crippen molar-refractivity contribution in [2.75, 3.05) is 197 Å². The fourth-order valence-electron chi connectivity index (χ4n) is 4.11. The lowest BCUT2D eigenvalue weighted by atomic mass is 10.2. The van der Waals surface area contributed by atoms with Gasteiger partial charge in [-0.05, 0) is 13.1 Å².